The highest BCUT2D eigenvalue weighted by Crippen LogP contribution is 2.21. The van der Waals surface area contributed by atoms with Gasteiger partial charge in [-0.25, -0.2) is 4.57 Å². The Labute approximate surface area is 85.1 Å². The molecule has 0 atom stereocenters. The molecule has 0 aliphatic carbocycles. The Morgan fingerprint density at radius 1 is 1.53 bits per heavy atom. The minimum atomic E-state index is -0.453. The average molecular weight is 205 g/mol. The van der Waals surface area contributed by atoms with Gasteiger partial charge in [0.2, 0.25) is 5.82 Å². The second kappa shape index (κ2) is 3.16. The molecule has 0 amide bonds. The summed E-state index contributed by atoms with van der Waals surface area (Å²) in [6.45, 7) is 0. The summed E-state index contributed by atoms with van der Waals surface area (Å²) in [6, 6.07) is 4.53. The van der Waals surface area contributed by atoms with Gasteiger partial charge in [-0.2, -0.15) is 0 Å². The Kier molecular flexibility index (Phi) is 1.96. The molecule has 2 N–H and O–H groups in total. The van der Waals surface area contributed by atoms with Crippen LogP contribution >= 0.6 is 0 Å². The molecule has 0 aliphatic rings. The fraction of sp³-hybridized carbons (Fsp3) is 0.111. The Morgan fingerprint density at radius 3 is 2.93 bits per heavy atom. The standard InChI is InChI=1S/C9H8N4O2/c1-12-5-11-9(10)7-4-6(13(14)15)2-3-8(7)12/h2-5,10H,1H3/p+1. The summed E-state index contributed by atoms with van der Waals surface area (Å²) in [4.78, 5) is 14.1. The predicted octanol–water partition coefficient (Wildman–Crippen LogP) is 0.550. The summed E-state index contributed by atoms with van der Waals surface area (Å²) in [6.07, 6.45) is 1.57. The minimum absolute atomic E-state index is 0.0159. The Bertz CT molecular complexity index is 553. The van der Waals surface area contributed by atoms with Crippen molar-refractivity contribution >= 4 is 22.4 Å². The van der Waals surface area contributed by atoms with Crippen molar-refractivity contribution in [3.8, 4) is 0 Å². The SMILES string of the molecule is C[n+]1cnc(N)c2cc([N+](=O)[O-])ccc21. The molecule has 0 bridgehead atoms. The smallest absolute Gasteiger partial charge is 0.289 e. The van der Waals surface area contributed by atoms with Crippen LogP contribution in [0.1, 0.15) is 0 Å². The van der Waals surface area contributed by atoms with Crippen LogP contribution in [0.5, 0.6) is 0 Å². The van der Waals surface area contributed by atoms with E-state index in [1.165, 1.54) is 12.1 Å². The molecule has 6 heteroatoms. The number of hydrogen-bond acceptors (Lipinski definition) is 4. The van der Waals surface area contributed by atoms with Crippen LogP contribution in [-0.4, -0.2) is 9.91 Å². The van der Waals surface area contributed by atoms with Gasteiger partial charge in [-0.15, -0.1) is 0 Å². The van der Waals surface area contributed by atoms with Gasteiger partial charge in [-0.05, 0) is 11.1 Å². The van der Waals surface area contributed by atoms with Gasteiger partial charge in [-0.3, -0.25) is 10.1 Å². The summed E-state index contributed by atoms with van der Waals surface area (Å²) in [7, 11) is 1.81. The van der Waals surface area contributed by atoms with E-state index in [4.69, 9.17) is 5.73 Å². The molecule has 0 saturated heterocycles. The van der Waals surface area contributed by atoms with Crippen LogP contribution in [-0.2, 0) is 7.05 Å². The molecule has 0 unspecified atom stereocenters. The lowest BCUT2D eigenvalue weighted by Gasteiger charge is -1.98. The van der Waals surface area contributed by atoms with E-state index in [0.717, 1.165) is 5.52 Å². The van der Waals surface area contributed by atoms with E-state index in [1.54, 1.807) is 24.0 Å². The first-order valence-corrected chi connectivity index (χ1v) is 4.28. The summed E-state index contributed by atoms with van der Waals surface area (Å²) in [5.74, 6) is 0.298. The molecule has 2 aromatic rings. The first kappa shape index (κ1) is 9.32. The van der Waals surface area contributed by atoms with E-state index < -0.39 is 4.92 Å². The molecule has 2 rings (SSSR count). The van der Waals surface area contributed by atoms with Gasteiger partial charge in [0.1, 0.15) is 5.52 Å². The van der Waals surface area contributed by atoms with E-state index in [-0.39, 0.29) is 5.69 Å². The molecule has 15 heavy (non-hydrogen) atoms. The van der Waals surface area contributed by atoms with Gasteiger partial charge in [0, 0.05) is 12.1 Å². The summed E-state index contributed by atoms with van der Waals surface area (Å²) >= 11 is 0. The summed E-state index contributed by atoms with van der Waals surface area (Å²) in [5.41, 5.74) is 6.48. The number of aryl methyl sites for hydroxylation is 1. The number of non-ortho nitro benzene ring substituents is 1. The van der Waals surface area contributed by atoms with Crippen molar-refractivity contribution in [2.75, 3.05) is 5.73 Å². The predicted molar refractivity (Wildman–Crippen MR) is 54.0 cm³/mol. The van der Waals surface area contributed by atoms with E-state index >= 15 is 0 Å². The maximum atomic E-state index is 10.6. The lowest BCUT2D eigenvalue weighted by Crippen LogP contribution is -2.29. The third-order valence-corrected chi connectivity index (χ3v) is 2.22. The number of nitrogen functional groups attached to an aromatic ring is 1. The highest BCUT2D eigenvalue weighted by atomic mass is 16.6. The van der Waals surface area contributed by atoms with Crippen LogP contribution in [0.4, 0.5) is 11.5 Å². The van der Waals surface area contributed by atoms with Crippen LogP contribution < -0.4 is 10.3 Å². The molecule has 0 spiro atoms. The topological polar surface area (TPSA) is 85.9 Å². The van der Waals surface area contributed by atoms with E-state index in [2.05, 4.69) is 4.98 Å². The highest BCUT2D eigenvalue weighted by molar-refractivity contribution is 5.87. The number of benzene rings is 1. The lowest BCUT2D eigenvalue weighted by molar-refractivity contribution is -0.647. The summed E-state index contributed by atoms with van der Waals surface area (Å²) in [5, 5.41) is 11.2. The zero-order valence-electron chi connectivity index (χ0n) is 8.04. The quantitative estimate of drug-likeness (QED) is 0.418. The molecular weight excluding hydrogens is 196 g/mol. The van der Waals surface area contributed by atoms with Crippen molar-refractivity contribution in [2.24, 2.45) is 7.05 Å². The van der Waals surface area contributed by atoms with Crippen LogP contribution in [0.15, 0.2) is 24.5 Å². The monoisotopic (exact) mass is 205 g/mol. The Balaban J connectivity index is 2.81. The van der Waals surface area contributed by atoms with Crippen molar-refractivity contribution in [1.82, 2.24) is 4.98 Å². The number of nitrogens with zero attached hydrogens (tertiary/aromatic N) is 3. The average Bonchev–Trinajstić information content (AvgIpc) is 2.23. The van der Waals surface area contributed by atoms with Crippen molar-refractivity contribution in [2.45, 2.75) is 0 Å². The molecule has 0 fully saturated rings. The third-order valence-electron chi connectivity index (χ3n) is 2.22. The van der Waals surface area contributed by atoms with Crippen LogP contribution in [0.3, 0.4) is 0 Å². The summed E-state index contributed by atoms with van der Waals surface area (Å²) < 4.78 is 1.76. The fourth-order valence-corrected chi connectivity index (χ4v) is 1.43. The van der Waals surface area contributed by atoms with Gasteiger partial charge in [0.15, 0.2) is 0 Å². The molecule has 0 saturated carbocycles. The molecule has 1 aromatic carbocycles. The number of aromatic nitrogens is 2. The highest BCUT2D eigenvalue weighted by Gasteiger charge is 2.14. The Morgan fingerprint density at radius 2 is 2.27 bits per heavy atom. The number of nitrogens with two attached hydrogens (primary N) is 1. The first-order valence-electron chi connectivity index (χ1n) is 4.28. The number of rotatable bonds is 1. The zero-order chi connectivity index (χ0) is 11.0. The molecule has 6 nitrogen and oxygen atoms in total. The molecule has 0 radical (unpaired) electrons. The van der Waals surface area contributed by atoms with Crippen molar-refractivity contribution < 1.29 is 9.49 Å². The fourth-order valence-electron chi connectivity index (χ4n) is 1.43. The van der Waals surface area contributed by atoms with Gasteiger partial charge >= 0.3 is 0 Å². The molecule has 1 heterocycles. The number of anilines is 1. The zero-order valence-corrected chi connectivity index (χ0v) is 8.04. The third kappa shape index (κ3) is 1.45. The largest absolute Gasteiger partial charge is 0.362 e. The van der Waals surface area contributed by atoms with E-state index in [0.29, 0.717) is 11.2 Å². The molecule has 76 valence electrons. The number of fused-ring (bicyclic) bond motifs is 1. The van der Waals surface area contributed by atoms with Crippen LogP contribution in [0.2, 0.25) is 0 Å². The van der Waals surface area contributed by atoms with Gasteiger partial charge in [-0.1, -0.05) is 0 Å². The van der Waals surface area contributed by atoms with Crippen LogP contribution in [0.25, 0.3) is 10.9 Å². The molecule has 1 aromatic heterocycles. The molecular formula is C9H9N4O2+. The van der Waals surface area contributed by atoms with E-state index in [1.807, 2.05) is 0 Å². The Hall–Kier alpha value is -2.24. The van der Waals surface area contributed by atoms with Crippen molar-refractivity contribution in [3.05, 3.63) is 34.6 Å². The lowest BCUT2D eigenvalue weighted by atomic mass is 10.2. The van der Waals surface area contributed by atoms with E-state index in [9.17, 15) is 10.1 Å². The van der Waals surface area contributed by atoms with Gasteiger partial charge < -0.3 is 5.73 Å². The second-order valence-corrected chi connectivity index (χ2v) is 3.20. The number of nitro groups is 1. The van der Waals surface area contributed by atoms with Gasteiger partial charge in [0.25, 0.3) is 12.0 Å². The first-order chi connectivity index (χ1) is 7.09. The van der Waals surface area contributed by atoms with Gasteiger partial charge in [0.05, 0.1) is 17.4 Å². The maximum absolute atomic E-state index is 10.6. The molecule has 0 aliphatic heterocycles. The maximum Gasteiger partial charge on any atom is 0.289 e. The van der Waals surface area contributed by atoms with Crippen LogP contribution in [0, 0.1) is 10.1 Å². The number of nitro benzene ring substituents is 1. The normalized spacial score (nSPS) is 10.5. The number of hydrogen-bond donors (Lipinski definition) is 1. The van der Waals surface area contributed by atoms with Crippen molar-refractivity contribution in [1.29, 1.82) is 0 Å². The second-order valence-electron chi connectivity index (χ2n) is 3.20. The minimum Gasteiger partial charge on any atom is -0.362 e. The van der Waals surface area contributed by atoms with Crippen molar-refractivity contribution in [3.63, 3.8) is 0 Å².